The normalized spacial score (nSPS) is 30.9. The fourth-order valence-electron chi connectivity index (χ4n) is 6.20. The van der Waals surface area contributed by atoms with Gasteiger partial charge in [-0.3, -0.25) is 9.88 Å². The van der Waals surface area contributed by atoms with Crippen LogP contribution < -0.4 is 0 Å². The van der Waals surface area contributed by atoms with E-state index in [9.17, 15) is 26.4 Å². The Labute approximate surface area is 214 Å². The molecule has 4 saturated heterocycles. The van der Waals surface area contributed by atoms with Crippen molar-refractivity contribution in [1.29, 1.82) is 0 Å². The van der Waals surface area contributed by atoms with Gasteiger partial charge >= 0.3 is 12.1 Å². The van der Waals surface area contributed by atoms with Gasteiger partial charge in [0.15, 0.2) is 0 Å². The number of hydrogen-bond acceptors (Lipinski definition) is 8. The maximum absolute atomic E-state index is 13.3. The standard InChI is InChI=1S/C24H32F3N3O6S/c1-16-11-17(2)28-13-19(16)37(32,33)30-8-4-23(5-9-30)12-18(20(36-23)35-21(31)24(25,26)27)29-7-3-22(14-29)6-10-34-15-22/h11,13,18,20H,3-10,12,14-15H2,1-2H3. The van der Waals surface area contributed by atoms with Crippen LogP contribution in [0.15, 0.2) is 17.2 Å². The van der Waals surface area contributed by atoms with Gasteiger partial charge in [-0.25, -0.2) is 13.2 Å². The quantitative estimate of drug-likeness (QED) is 0.531. The fourth-order valence-corrected chi connectivity index (χ4v) is 7.79. The number of nitrogens with zero attached hydrogens (tertiary/aromatic N) is 3. The van der Waals surface area contributed by atoms with Crippen LogP contribution in [0, 0.1) is 19.3 Å². The maximum atomic E-state index is 13.3. The predicted octanol–water partition coefficient (Wildman–Crippen LogP) is 2.55. The molecule has 206 valence electrons. The third-order valence-corrected chi connectivity index (χ3v) is 10.3. The van der Waals surface area contributed by atoms with Crippen molar-refractivity contribution in [1.82, 2.24) is 14.2 Å². The average molecular weight is 548 g/mol. The van der Waals surface area contributed by atoms with Gasteiger partial charge in [0.1, 0.15) is 4.90 Å². The molecule has 5 heterocycles. The molecule has 4 aliphatic rings. The van der Waals surface area contributed by atoms with Crippen LogP contribution in [0.3, 0.4) is 0 Å². The van der Waals surface area contributed by atoms with Crippen molar-refractivity contribution < 1.29 is 40.6 Å². The smallest absolute Gasteiger partial charge is 0.427 e. The molecule has 0 saturated carbocycles. The Kier molecular flexibility index (Phi) is 6.83. The average Bonchev–Trinajstić information content (AvgIpc) is 3.53. The minimum absolute atomic E-state index is 0.0360. The van der Waals surface area contributed by atoms with Crippen molar-refractivity contribution in [3.8, 4) is 0 Å². The molecule has 5 rings (SSSR count). The summed E-state index contributed by atoms with van der Waals surface area (Å²) in [5.41, 5.74) is 0.399. The Morgan fingerprint density at radius 1 is 1.16 bits per heavy atom. The summed E-state index contributed by atoms with van der Waals surface area (Å²) in [6.45, 7) is 6.33. The Hall–Kier alpha value is -1.80. The topological polar surface area (TPSA) is 98.3 Å². The molecule has 1 aromatic heterocycles. The number of rotatable bonds is 4. The number of carbonyl (C=O) groups excluding carboxylic acids is 1. The van der Waals surface area contributed by atoms with E-state index in [1.165, 1.54) is 10.5 Å². The molecule has 13 heteroatoms. The maximum Gasteiger partial charge on any atom is 0.491 e. The van der Waals surface area contributed by atoms with Gasteiger partial charge in [-0.1, -0.05) is 0 Å². The van der Waals surface area contributed by atoms with E-state index in [1.54, 1.807) is 19.9 Å². The SMILES string of the molecule is Cc1cc(C)c(S(=O)(=O)N2CCC3(CC2)CC(N2CCC4(CCOC4)C2)C(OC(=O)C(F)(F)F)O3)cn1. The summed E-state index contributed by atoms with van der Waals surface area (Å²) in [7, 11) is -3.80. The number of aryl methyl sites for hydroxylation is 2. The van der Waals surface area contributed by atoms with E-state index < -0.39 is 40.1 Å². The Morgan fingerprint density at radius 3 is 2.51 bits per heavy atom. The second kappa shape index (κ2) is 9.44. The van der Waals surface area contributed by atoms with Gasteiger partial charge < -0.3 is 14.2 Å². The first-order chi connectivity index (χ1) is 17.3. The molecular weight excluding hydrogens is 515 g/mol. The number of esters is 1. The van der Waals surface area contributed by atoms with Crippen molar-refractivity contribution in [2.24, 2.45) is 5.41 Å². The highest BCUT2D eigenvalue weighted by Crippen LogP contribution is 2.46. The van der Waals surface area contributed by atoms with Crippen molar-refractivity contribution in [3.05, 3.63) is 23.5 Å². The molecule has 2 spiro atoms. The van der Waals surface area contributed by atoms with Crippen LogP contribution in [0.4, 0.5) is 13.2 Å². The fraction of sp³-hybridized carbons (Fsp3) is 0.750. The molecule has 0 bridgehead atoms. The lowest BCUT2D eigenvalue weighted by atomic mass is 9.86. The van der Waals surface area contributed by atoms with Crippen molar-refractivity contribution in [2.45, 2.75) is 75.0 Å². The highest BCUT2D eigenvalue weighted by molar-refractivity contribution is 7.89. The van der Waals surface area contributed by atoms with E-state index in [2.05, 4.69) is 9.88 Å². The number of sulfonamides is 1. The Bertz CT molecular complexity index is 1150. The third kappa shape index (κ3) is 5.12. The van der Waals surface area contributed by atoms with Crippen LogP contribution in [0.25, 0.3) is 0 Å². The lowest BCUT2D eigenvalue weighted by Crippen LogP contribution is -2.47. The van der Waals surface area contributed by atoms with Gasteiger partial charge in [0.25, 0.3) is 0 Å². The Morgan fingerprint density at radius 2 is 1.89 bits per heavy atom. The molecule has 1 aromatic rings. The molecule has 37 heavy (non-hydrogen) atoms. The highest BCUT2D eigenvalue weighted by atomic mass is 32.2. The summed E-state index contributed by atoms with van der Waals surface area (Å²) < 4.78 is 83.6. The first kappa shape index (κ1) is 26.8. The van der Waals surface area contributed by atoms with E-state index >= 15 is 0 Å². The zero-order chi connectivity index (χ0) is 26.6. The number of likely N-dealkylation sites (tertiary alicyclic amines) is 1. The largest absolute Gasteiger partial charge is 0.491 e. The molecule has 0 radical (unpaired) electrons. The highest BCUT2D eigenvalue weighted by Gasteiger charge is 2.56. The van der Waals surface area contributed by atoms with Crippen LogP contribution in [0.5, 0.6) is 0 Å². The van der Waals surface area contributed by atoms with Crippen molar-refractivity contribution in [2.75, 3.05) is 39.4 Å². The predicted molar refractivity (Wildman–Crippen MR) is 124 cm³/mol. The number of aromatic nitrogens is 1. The number of alkyl halides is 3. The lowest BCUT2D eigenvalue weighted by Gasteiger charge is -2.38. The summed E-state index contributed by atoms with van der Waals surface area (Å²) >= 11 is 0. The summed E-state index contributed by atoms with van der Waals surface area (Å²) in [5.74, 6) is -2.28. The monoisotopic (exact) mass is 547 g/mol. The molecule has 3 unspecified atom stereocenters. The van der Waals surface area contributed by atoms with Crippen LogP contribution >= 0.6 is 0 Å². The van der Waals surface area contributed by atoms with E-state index in [-0.39, 0.29) is 36.2 Å². The molecule has 4 aliphatic heterocycles. The molecule has 9 nitrogen and oxygen atoms in total. The zero-order valence-corrected chi connectivity index (χ0v) is 21.7. The number of pyridine rings is 1. The summed E-state index contributed by atoms with van der Waals surface area (Å²) in [6.07, 6.45) is -2.49. The van der Waals surface area contributed by atoms with Gasteiger partial charge in [-0.05, 0) is 64.1 Å². The third-order valence-electron chi connectivity index (χ3n) is 8.29. The van der Waals surface area contributed by atoms with Crippen molar-refractivity contribution >= 4 is 16.0 Å². The van der Waals surface area contributed by atoms with Crippen LogP contribution in [0.1, 0.15) is 43.4 Å². The minimum atomic E-state index is -5.13. The van der Waals surface area contributed by atoms with Gasteiger partial charge in [-0.2, -0.15) is 17.5 Å². The summed E-state index contributed by atoms with van der Waals surface area (Å²) in [5, 5.41) is 0. The number of piperidine rings is 1. The summed E-state index contributed by atoms with van der Waals surface area (Å²) in [6, 6.07) is 1.17. The number of carbonyl (C=O) groups is 1. The van der Waals surface area contributed by atoms with E-state index in [0.29, 0.717) is 44.0 Å². The first-order valence-corrected chi connectivity index (χ1v) is 14.0. The number of halogens is 3. The van der Waals surface area contributed by atoms with Crippen molar-refractivity contribution in [3.63, 3.8) is 0 Å². The molecule has 0 aliphatic carbocycles. The van der Waals surface area contributed by atoms with E-state index in [0.717, 1.165) is 12.8 Å². The van der Waals surface area contributed by atoms with Gasteiger partial charge in [0.05, 0.1) is 18.2 Å². The molecule has 0 N–H and O–H groups in total. The molecule has 4 fully saturated rings. The first-order valence-electron chi connectivity index (χ1n) is 12.5. The van der Waals surface area contributed by atoms with Crippen LogP contribution in [-0.2, 0) is 29.0 Å². The molecule has 0 aromatic carbocycles. The zero-order valence-electron chi connectivity index (χ0n) is 20.9. The second-order valence-electron chi connectivity index (χ2n) is 10.9. The van der Waals surface area contributed by atoms with Gasteiger partial charge in [0.2, 0.25) is 16.3 Å². The number of hydrogen-bond donors (Lipinski definition) is 0. The molecular formula is C24H32F3N3O6S. The second-order valence-corrected chi connectivity index (χ2v) is 12.8. The molecule has 0 amide bonds. The minimum Gasteiger partial charge on any atom is -0.427 e. The van der Waals surface area contributed by atoms with E-state index in [4.69, 9.17) is 14.2 Å². The Balaban J connectivity index is 1.32. The summed E-state index contributed by atoms with van der Waals surface area (Å²) in [4.78, 5) is 18.1. The van der Waals surface area contributed by atoms with Gasteiger partial charge in [0, 0.05) is 43.5 Å². The lowest BCUT2D eigenvalue weighted by molar-refractivity contribution is -0.236. The van der Waals surface area contributed by atoms with Crippen LogP contribution in [0.2, 0.25) is 0 Å². The van der Waals surface area contributed by atoms with E-state index in [1.807, 2.05) is 0 Å². The molecule has 3 atom stereocenters. The van der Waals surface area contributed by atoms with Gasteiger partial charge in [-0.15, -0.1) is 0 Å². The van der Waals surface area contributed by atoms with Crippen LogP contribution in [-0.4, -0.2) is 92.1 Å². The number of ether oxygens (including phenoxy) is 3.